The standard InChI is InChI=1S/C8H12N4O3/c13-12(14)8-5-9-11(6-8)7-10-1-3-15-4-2-10/h5-6H,1-4,7H2. The van der Waals surface area contributed by atoms with Crippen molar-refractivity contribution in [1.29, 1.82) is 0 Å². The van der Waals surface area contributed by atoms with Gasteiger partial charge in [0.25, 0.3) is 0 Å². The summed E-state index contributed by atoms with van der Waals surface area (Å²) in [5, 5.41) is 14.3. The van der Waals surface area contributed by atoms with Gasteiger partial charge in [-0.25, -0.2) is 0 Å². The first-order chi connectivity index (χ1) is 7.25. The summed E-state index contributed by atoms with van der Waals surface area (Å²) in [5.74, 6) is 0. The van der Waals surface area contributed by atoms with Crippen LogP contribution in [0.3, 0.4) is 0 Å². The minimum atomic E-state index is -0.442. The summed E-state index contributed by atoms with van der Waals surface area (Å²) in [7, 11) is 0. The quantitative estimate of drug-likeness (QED) is 0.524. The topological polar surface area (TPSA) is 73.4 Å². The zero-order chi connectivity index (χ0) is 10.7. The van der Waals surface area contributed by atoms with Crippen LogP contribution in [0, 0.1) is 10.1 Å². The highest BCUT2D eigenvalue weighted by atomic mass is 16.6. The van der Waals surface area contributed by atoms with Gasteiger partial charge in [-0.1, -0.05) is 0 Å². The summed E-state index contributed by atoms with van der Waals surface area (Å²) in [6.07, 6.45) is 2.70. The number of nitrogens with zero attached hydrogens (tertiary/aromatic N) is 4. The first-order valence-corrected chi connectivity index (χ1v) is 4.72. The van der Waals surface area contributed by atoms with E-state index in [1.807, 2.05) is 0 Å². The van der Waals surface area contributed by atoms with Gasteiger partial charge in [0.1, 0.15) is 12.4 Å². The Hall–Kier alpha value is -1.47. The molecule has 1 aliphatic heterocycles. The van der Waals surface area contributed by atoms with E-state index in [0.29, 0.717) is 19.9 Å². The largest absolute Gasteiger partial charge is 0.379 e. The lowest BCUT2D eigenvalue weighted by molar-refractivity contribution is -0.385. The Balaban J connectivity index is 1.94. The molecule has 82 valence electrons. The Kier molecular flexibility index (Phi) is 2.93. The van der Waals surface area contributed by atoms with Crippen molar-refractivity contribution in [2.75, 3.05) is 26.3 Å². The summed E-state index contributed by atoms with van der Waals surface area (Å²) < 4.78 is 6.77. The maximum atomic E-state index is 10.4. The van der Waals surface area contributed by atoms with Gasteiger partial charge in [-0.3, -0.25) is 19.7 Å². The molecule has 0 bridgehead atoms. The predicted octanol–water partition coefficient (Wildman–Crippen LogP) is 0.0810. The third-order valence-electron chi connectivity index (χ3n) is 2.28. The molecular weight excluding hydrogens is 200 g/mol. The molecule has 1 fully saturated rings. The molecule has 0 N–H and O–H groups in total. The van der Waals surface area contributed by atoms with E-state index in [-0.39, 0.29) is 5.69 Å². The first kappa shape index (κ1) is 10.1. The molecule has 0 radical (unpaired) electrons. The highest BCUT2D eigenvalue weighted by molar-refractivity contribution is 5.20. The Morgan fingerprint density at radius 3 is 2.87 bits per heavy atom. The molecule has 0 atom stereocenters. The minimum absolute atomic E-state index is 0.0308. The average Bonchev–Trinajstić information content (AvgIpc) is 2.68. The van der Waals surface area contributed by atoms with E-state index >= 15 is 0 Å². The molecule has 0 amide bonds. The number of rotatable bonds is 3. The van der Waals surface area contributed by atoms with Gasteiger partial charge in [0.2, 0.25) is 0 Å². The van der Waals surface area contributed by atoms with Gasteiger partial charge in [0.15, 0.2) is 0 Å². The molecule has 1 aromatic heterocycles. The molecule has 7 heteroatoms. The van der Waals surface area contributed by atoms with Crippen LogP contribution in [-0.2, 0) is 11.4 Å². The zero-order valence-corrected chi connectivity index (χ0v) is 8.20. The van der Waals surface area contributed by atoms with Gasteiger partial charge in [-0.15, -0.1) is 0 Å². The van der Waals surface area contributed by atoms with Gasteiger partial charge in [0, 0.05) is 13.1 Å². The molecule has 1 aromatic rings. The van der Waals surface area contributed by atoms with E-state index in [1.165, 1.54) is 12.4 Å². The number of aromatic nitrogens is 2. The van der Waals surface area contributed by atoms with Crippen LogP contribution in [0.2, 0.25) is 0 Å². The Morgan fingerprint density at radius 1 is 1.53 bits per heavy atom. The van der Waals surface area contributed by atoms with Crippen LogP contribution >= 0.6 is 0 Å². The fourth-order valence-electron chi connectivity index (χ4n) is 1.47. The van der Waals surface area contributed by atoms with Gasteiger partial charge in [-0.05, 0) is 0 Å². The average molecular weight is 212 g/mol. The number of hydrogen-bond donors (Lipinski definition) is 0. The van der Waals surface area contributed by atoms with Gasteiger partial charge >= 0.3 is 5.69 Å². The molecule has 0 saturated carbocycles. The minimum Gasteiger partial charge on any atom is -0.379 e. The zero-order valence-electron chi connectivity index (χ0n) is 8.20. The molecule has 2 rings (SSSR count). The maximum absolute atomic E-state index is 10.4. The maximum Gasteiger partial charge on any atom is 0.307 e. The van der Waals surface area contributed by atoms with Gasteiger partial charge in [-0.2, -0.15) is 5.10 Å². The molecule has 0 spiro atoms. The van der Waals surface area contributed by atoms with Crippen molar-refractivity contribution in [3.8, 4) is 0 Å². The summed E-state index contributed by atoms with van der Waals surface area (Å²) in [5.41, 5.74) is 0.0308. The fourth-order valence-corrected chi connectivity index (χ4v) is 1.47. The molecular formula is C8H12N4O3. The Bertz CT molecular complexity index is 345. The van der Waals surface area contributed by atoms with Crippen molar-refractivity contribution in [2.45, 2.75) is 6.67 Å². The van der Waals surface area contributed by atoms with E-state index in [1.54, 1.807) is 4.68 Å². The molecule has 1 saturated heterocycles. The van der Waals surface area contributed by atoms with Crippen LogP contribution in [0.15, 0.2) is 12.4 Å². The van der Waals surface area contributed by atoms with Crippen LogP contribution in [-0.4, -0.2) is 45.9 Å². The summed E-state index contributed by atoms with van der Waals surface area (Å²) in [6.45, 7) is 3.69. The van der Waals surface area contributed by atoms with Crippen LogP contribution in [0.5, 0.6) is 0 Å². The van der Waals surface area contributed by atoms with Crippen molar-refractivity contribution in [1.82, 2.24) is 14.7 Å². The molecule has 7 nitrogen and oxygen atoms in total. The van der Waals surface area contributed by atoms with Crippen molar-refractivity contribution in [3.05, 3.63) is 22.5 Å². The molecule has 1 aliphatic rings. The number of nitro groups is 1. The SMILES string of the molecule is O=[N+]([O-])c1cnn(CN2CCOCC2)c1. The lowest BCUT2D eigenvalue weighted by Crippen LogP contribution is -2.37. The van der Waals surface area contributed by atoms with E-state index < -0.39 is 4.92 Å². The van der Waals surface area contributed by atoms with Crippen LogP contribution < -0.4 is 0 Å². The predicted molar refractivity (Wildman–Crippen MR) is 51.3 cm³/mol. The van der Waals surface area contributed by atoms with Gasteiger partial charge in [0.05, 0.1) is 24.8 Å². The molecule has 0 unspecified atom stereocenters. The van der Waals surface area contributed by atoms with E-state index in [2.05, 4.69) is 10.00 Å². The molecule has 0 aromatic carbocycles. The monoisotopic (exact) mass is 212 g/mol. The summed E-state index contributed by atoms with van der Waals surface area (Å²) in [6, 6.07) is 0. The Morgan fingerprint density at radius 2 is 2.27 bits per heavy atom. The smallest absolute Gasteiger partial charge is 0.307 e. The third-order valence-corrected chi connectivity index (χ3v) is 2.28. The highest BCUT2D eigenvalue weighted by Gasteiger charge is 2.13. The second-order valence-corrected chi connectivity index (χ2v) is 3.37. The van der Waals surface area contributed by atoms with Crippen molar-refractivity contribution in [3.63, 3.8) is 0 Å². The molecule has 2 heterocycles. The first-order valence-electron chi connectivity index (χ1n) is 4.72. The van der Waals surface area contributed by atoms with Crippen LogP contribution in [0.25, 0.3) is 0 Å². The number of morpholine rings is 1. The van der Waals surface area contributed by atoms with Crippen molar-refractivity contribution in [2.24, 2.45) is 0 Å². The lowest BCUT2D eigenvalue weighted by atomic mass is 10.4. The molecule has 15 heavy (non-hydrogen) atoms. The highest BCUT2D eigenvalue weighted by Crippen LogP contribution is 2.08. The van der Waals surface area contributed by atoms with Gasteiger partial charge < -0.3 is 4.74 Å². The molecule has 0 aliphatic carbocycles. The lowest BCUT2D eigenvalue weighted by Gasteiger charge is -2.25. The fraction of sp³-hybridized carbons (Fsp3) is 0.625. The van der Waals surface area contributed by atoms with E-state index in [9.17, 15) is 10.1 Å². The number of ether oxygens (including phenoxy) is 1. The van der Waals surface area contributed by atoms with E-state index in [4.69, 9.17) is 4.74 Å². The second-order valence-electron chi connectivity index (χ2n) is 3.37. The van der Waals surface area contributed by atoms with Crippen molar-refractivity contribution >= 4 is 5.69 Å². The normalized spacial score (nSPS) is 17.9. The second kappa shape index (κ2) is 4.37. The van der Waals surface area contributed by atoms with Crippen LogP contribution in [0.1, 0.15) is 0 Å². The van der Waals surface area contributed by atoms with Crippen molar-refractivity contribution < 1.29 is 9.66 Å². The van der Waals surface area contributed by atoms with E-state index in [0.717, 1.165) is 13.1 Å². The summed E-state index contributed by atoms with van der Waals surface area (Å²) in [4.78, 5) is 12.1. The van der Waals surface area contributed by atoms with Crippen LogP contribution in [0.4, 0.5) is 5.69 Å². The third kappa shape index (κ3) is 2.51. The summed E-state index contributed by atoms with van der Waals surface area (Å²) >= 11 is 0. The Labute approximate surface area is 86.4 Å². The number of hydrogen-bond acceptors (Lipinski definition) is 5.